The number of carbonyl (C=O) groups is 2. The van der Waals surface area contributed by atoms with Crippen LogP contribution in [-0.2, 0) is 0 Å². The minimum Gasteiger partial charge on any atom is -0.477 e. The molecule has 0 unspecified atom stereocenters. The van der Waals surface area contributed by atoms with Crippen molar-refractivity contribution in [2.75, 3.05) is 26.2 Å². The molecule has 0 bridgehead atoms. The highest BCUT2D eigenvalue weighted by molar-refractivity contribution is 6.00. The molecule has 3 N–H and O–H groups in total. The number of H-pyrrole nitrogens is 1. The summed E-state index contributed by atoms with van der Waals surface area (Å²) < 4.78 is 0. The summed E-state index contributed by atoms with van der Waals surface area (Å²) >= 11 is 0. The number of aryl methyl sites for hydroxylation is 2. The third-order valence-corrected chi connectivity index (χ3v) is 5.49. The number of carboxylic acids is 1. The minimum absolute atomic E-state index is 0.0817. The second-order valence-electron chi connectivity index (χ2n) is 7.33. The Labute approximate surface area is 159 Å². The van der Waals surface area contributed by atoms with Gasteiger partial charge in [0.2, 0.25) is 0 Å². The Morgan fingerprint density at radius 1 is 1.26 bits per heavy atom. The lowest BCUT2D eigenvalue weighted by Gasteiger charge is -2.17. The molecule has 1 amide bonds. The van der Waals surface area contributed by atoms with Crippen LogP contribution in [0, 0.1) is 20.8 Å². The number of rotatable bonds is 6. The summed E-state index contributed by atoms with van der Waals surface area (Å²) in [6, 6.07) is 8.54. The van der Waals surface area contributed by atoms with Gasteiger partial charge in [-0.25, -0.2) is 4.79 Å². The Balaban J connectivity index is 1.53. The zero-order chi connectivity index (χ0) is 19.6. The molecule has 6 heteroatoms. The fraction of sp³-hybridized carbons (Fsp3) is 0.429. The number of nitrogens with one attached hydrogen (secondary N) is 2. The van der Waals surface area contributed by atoms with Crippen LogP contribution in [0.4, 0.5) is 0 Å². The highest BCUT2D eigenvalue weighted by Crippen LogP contribution is 2.28. The van der Waals surface area contributed by atoms with Gasteiger partial charge in [0.1, 0.15) is 5.69 Å². The maximum absolute atomic E-state index is 12.5. The second-order valence-corrected chi connectivity index (χ2v) is 7.33. The van der Waals surface area contributed by atoms with E-state index in [0.29, 0.717) is 29.3 Å². The number of aromatic amines is 1. The van der Waals surface area contributed by atoms with Gasteiger partial charge in [-0.1, -0.05) is 24.3 Å². The molecular weight excluding hydrogens is 342 g/mol. The van der Waals surface area contributed by atoms with E-state index < -0.39 is 5.97 Å². The quantitative estimate of drug-likeness (QED) is 0.731. The Bertz CT molecular complexity index is 856. The number of aromatic carboxylic acids is 1. The van der Waals surface area contributed by atoms with E-state index >= 15 is 0 Å². The maximum atomic E-state index is 12.5. The normalized spacial score (nSPS) is 17.2. The van der Waals surface area contributed by atoms with Crippen LogP contribution in [0.5, 0.6) is 0 Å². The smallest absolute Gasteiger partial charge is 0.352 e. The van der Waals surface area contributed by atoms with Gasteiger partial charge in [0, 0.05) is 25.3 Å². The van der Waals surface area contributed by atoms with Crippen molar-refractivity contribution < 1.29 is 14.7 Å². The van der Waals surface area contributed by atoms with E-state index in [1.165, 1.54) is 11.1 Å². The topological polar surface area (TPSA) is 85.4 Å². The van der Waals surface area contributed by atoms with Crippen molar-refractivity contribution in [2.45, 2.75) is 33.1 Å². The lowest BCUT2D eigenvalue weighted by molar-refractivity contribution is 0.0690. The van der Waals surface area contributed by atoms with Gasteiger partial charge in [-0.3, -0.25) is 4.79 Å². The van der Waals surface area contributed by atoms with Crippen LogP contribution in [-0.4, -0.2) is 53.0 Å². The maximum Gasteiger partial charge on any atom is 0.352 e. The van der Waals surface area contributed by atoms with Crippen LogP contribution in [0.1, 0.15) is 55.6 Å². The molecule has 1 atom stereocenters. The molecule has 0 radical (unpaired) electrons. The van der Waals surface area contributed by atoms with E-state index in [9.17, 15) is 14.7 Å². The zero-order valence-electron chi connectivity index (χ0n) is 16.1. The molecule has 6 nitrogen and oxygen atoms in total. The number of carboxylic acid groups (broad SMARTS) is 1. The van der Waals surface area contributed by atoms with E-state index in [2.05, 4.69) is 46.4 Å². The van der Waals surface area contributed by atoms with Gasteiger partial charge in [-0.15, -0.1) is 0 Å². The van der Waals surface area contributed by atoms with Crippen molar-refractivity contribution in [3.8, 4) is 0 Å². The molecule has 1 aliphatic rings. The van der Waals surface area contributed by atoms with E-state index in [4.69, 9.17) is 0 Å². The summed E-state index contributed by atoms with van der Waals surface area (Å²) in [7, 11) is 0. The molecule has 1 aromatic heterocycles. The molecule has 0 aliphatic carbocycles. The molecule has 0 saturated carbocycles. The molecule has 1 saturated heterocycles. The second kappa shape index (κ2) is 7.96. The highest BCUT2D eigenvalue weighted by atomic mass is 16.4. The number of hydrogen-bond acceptors (Lipinski definition) is 3. The molecule has 2 heterocycles. The molecule has 3 rings (SSSR count). The monoisotopic (exact) mass is 369 g/mol. The summed E-state index contributed by atoms with van der Waals surface area (Å²) in [6.07, 6.45) is 1.14. The van der Waals surface area contributed by atoms with E-state index in [1.54, 1.807) is 13.8 Å². The zero-order valence-corrected chi connectivity index (χ0v) is 16.1. The lowest BCUT2D eigenvalue weighted by Crippen LogP contribution is -2.34. The third kappa shape index (κ3) is 4.06. The number of hydrogen-bond donors (Lipinski definition) is 3. The predicted molar refractivity (Wildman–Crippen MR) is 105 cm³/mol. The van der Waals surface area contributed by atoms with Crippen LogP contribution < -0.4 is 5.32 Å². The van der Waals surface area contributed by atoms with Crippen LogP contribution >= 0.6 is 0 Å². The molecule has 144 valence electrons. The minimum atomic E-state index is -1.05. The molecule has 1 fully saturated rings. The molecule has 1 aromatic carbocycles. The average molecular weight is 369 g/mol. The van der Waals surface area contributed by atoms with Crippen LogP contribution in [0.15, 0.2) is 24.3 Å². The van der Waals surface area contributed by atoms with E-state index in [0.717, 1.165) is 26.1 Å². The first-order valence-corrected chi connectivity index (χ1v) is 9.37. The summed E-state index contributed by atoms with van der Waals surface area (Å²) in [5.41, 5.74) is 4.35. The van der Waals surface area contributed by atoms with Crippen molar-refractivity contribution in [3.63, 3.8) is 0 Å². The van der Waals surface area contributed by atoms with Gasteiger partial charge in [0.05, 0.1) is 5.56 Å². The number of nitrogens with zero attached hydrogens (tertiary/aromatic N) is 1. The Morgan fingerprint density at radius 3 is 2.67 bits per heavy atom. The van der Waals surface area contributed by atoms with Crippen LogP contribution in [0.25, 0.3) is 0 Å². The molecule has 27 heavy (non-hydrogen) atoms. The predicted octanol–water partition coefficient (Wildman–Crippen LogP) is 2.86. The molecule has 1 aliphatic heterocycles. The van der Waals surface area contributed by atoms with Crippen molar-refractivity contribution in [1.29, 1.82) is 0 Å². The number of carbonyl (C=O) groups excluding carboxylic acids is 1. The summed E-state index contributed by atoms with van der Waals surface area (Å²) in [5, 5.41) is 12.1. The van der Waals surface area contributed by atoms with Crippen molar-refractivity contribution >= 4 is 11.9 Å². The third-order valence-electron chi connectivity index (χ3n) is 5.49. The summed E-state index contributed by atoms with van der Waals surface area (Å²) in [5.74, 6) is -0.716. The van der Waals surface area contributed by atoms with Gasteiger partial charge < -0.3 is 20.3 Å². The molecule has 2 aromatic rings. The SMILES string of the molecule is Cc1ccccc1[C@H]1CCN(CCNC(=O)c2c(C)[nH]c(C(=O)O)c2C)C1. The number of benzene rings is 1. The van der Waals surface area contributed by atoms with Crippen molar-refractivity contribution in [3.05, 3.63) is 57.9 Å². The lowest BCUT2D eigenvalue weighted by atomic mass is 9.94. The van der Waals surface area contributed by atoms with Gasteiger partial charge in [0.25, 0.3) is 5.91 Å². The first kappa shape index (κ1) is 19.2. The largest absolute Gasteiger partial charge is 0.477 e. The standard InChI is InChI=1S/C21H27N3O3/c1-13-6-4-5-7-17(13)16-8-10-24(12-16)11-9-22-20(25)18-14(2)19(21(26)27)23-15(18)3/h4-7,16,23H,8-12H2,1-3H3,(H,22,25)(H,26,27)/t16-/m0/s1. The van der Waals surface area contributed by atoms with Gasteiger partial charge in [-0.05, 0) is 56.3 Å². The highest BCUT2D eigenvalue weighted by Gasteiger charge is 2.25. The first-order valence-electron chi connectivity index (χ1n) is 9.37. The Hall–Kier alpha value is -2.60. The first-order chi connectivity index (χ1) is 12.9. The fourth-order valence-corrected chi connectivity index (χ4v) is 4.05. The van der Waals surface area contributed by atoms with Gasteiger partial charge in [-0.2, -0.15) is 0 Å². The van der Waals surface area contributed by atoms with Crippen molar-refractivity contribution in [2.24, 2.45) is 0 Å². The van der Waals surface area contributed by atoms with E-state index in [-0.39, 0.29) is 11.6 Å². The summed E-state index contributed by atoms with van der Waals surface area (Å²) in [4.78, 5) is 28.8. The molecule has 0 spiro atoms. The molecular formula is C21H27N3O3. The number of aromatic nitrogens is 1. The van der Waals surface area contributed by atoms with Crippen LogP contribution in [0.3, 0.4) is 0 Å². The van der Waals surface area contributed by atoms with Gasteiger partial charge in [0.15, 0.2) is 0 Å². The van der Waals surface area contributed by atoms with Crippen LogP contribution in [0.2, 0.25) is 0 Å². The van der Waals surface area contributed by atoms with E-state index in [1.807, 2.05) is 0 Å². The van der Waals surface area contributed by atoms with Gasteiger partial charge >= 0.3 is 5.97 Å². The number of amides is 1. The average Bonchev–Trinajstić information content (AvgIpc) is 3.19. The Morgan fingerprint density at radius 2 is 2.00 bits per heavy atom. The number of likely N-dealkylation sites (tertiary alicyclic amines) is 1. The summed E-state index contributed by atoms with van der Waals surface area (Å²) in [6.45, 7) is 8.92. The fourth-order valence-electron chi connectivity index (χ4n) is 4.05. The van der Waals surface area contributed by atoms with Crippen molar-refractivity contribution in [1.82, 2.24) is 15.2 Å². The Kier molecular flexibility index (Phi) is 5.65.